The summed E-state index contributed by atoms with van der Waals surface area (Å²) in [7, 11) is -7.68. The number of hydrazone groups is 1. The van der Waals surface area contributed by atoms with Crippen molar-refractivity contribution < 1.29 is 21.2 Å². The SMILES string of the molecule is CCS(=O)(=O)Nc1ccccc1C1=NN(S(=O)(=O)c2ccc(Cl)cc2)C(c2ccc(F)cc2)C1. The minimum atomic E-state index is -4.10. The Morgan fingerprint density at radius 2 is 1.65 bits per heavy atom. The zero-order valence-corrected chi connectivity index (χ0v) is 20.4. The maximum atomic E-state index is 13.6. The summed E-state index contributed by atoms with van der Waals surface area (Å²) < 4.78 is 68.5. The normalized spacial score (nSPS) is 16.4. The fourth-order valence-electron chi connectivity index (χ4n) is 3.58. The minimum absolute atomic E-state index is 0.00557. The molecule has 0 aromatic heterocycles. The summed E-state index contributed by atoms with van der Waals surface area (Å²) in [5, 5.41) is 4.81. The number of halogens is 2. The molecular weight excluding hydrogens is 501 g/mol. The Balaban J connectivity index is 1.82. The number of anilines is 1. The average molecular weight is 522 g/mol. The lowest BCUT2D eigenvalue weighted by atomic mass is 9.98. The maximum Gasteiger partial charge on any atom is 0.279 e. The van der Waals surface area contributed by atoms with Crippen molar-refractivity contribution in [1.29, 1.82) is 0 Å². The second-order valence-electron chi connectivity index (χ2n) is 7.60. The quantitative estimate of drug-likeness (QED) is 0.484. The number of hydrogen-bond acceptors (Lipinski definition) is 5. The second kappa shape index (κ2) is 9.36. The van der Waals surface area contributed by atoms with Gasteiger partial charge in [-0.1, -0.05) is 41.9 Å². The van der Waals surface area contributed by atoms with Crippen LogP contribution in [0.5, 0.6) is 0 Å². The molecular formula is C23H21ClFN3O4S2. The highest BCUT2D eigenvalue weighted by atomic mass is 35.5. The van der Waals surface area contributed by atoms with Crippen LogP contribution in [0.2, 0.25) is 5.02 Å². The van der Waals surface area contributed by atoms with Crippen LogP contribution in [0.3, 0.4) is 0 Å². The van der Waals surface area contributed by atoms with E-state index in [1.165, 1.54) is 55.5 Å². The second-order valence-corrected chi connectivity index (χ2v) is 11.8. The number of hydrogen-bond donors (Lipinski definition) is 1. The summed E-state index contributed by atoms with van der Waals surface area (Å²) in [4.78, 5) is -0.00557. The standard InChI is InChI=1S/C23H21ClFN3O4S2/c1-2-33(29,30)27-21-6-4-3-5-20(21)22-15-23(16-7-11-18(25)12-8-16)28(26-22)34(31,32)19-13-9-17(24)10-14-19/h3-14,23,27H,2,15H2,1H3. The molecule has 7 nitrogen and oxygen atoms in total. The Labute approximate surface area is 203 Å². The topological polar surface area (TPSA) is 95.9 Å². The van der Waals surface area contributed by atoms with Crippen molar-refractivity contribution in [2.24, 2.45) is 5.10 Å². The highest BCUT2D eigenvalue weighted by Crippen LogP contribution is 2.38. The van der Waals surface area contributed by atoms with E-state index in [0.29, 0.717) is 27.5 Å². The van der Waals surface area contributed by atoms with Gasteiger partial charge in [0.1, 0.15) is 5.82 Å². The fraction of sp³-hybridized carbons (Fsp3) is 0.174. The summed E-state index contributed by atoms with van der Waals surface area (Å²) >= 11 is 5.92. The van der Waals surface area contributed by atoms with Crippen LogP contribution in [0.15, 0.2) is 82.8 Å². The van der Waals surface area contributed by atoms with Crippen LogP contribution >= 0.6 is 11.6 Å². The Hall–Kier alpha value is -2.95. The molecule has 0 fully saturated rings. The molecule has 1 heterocycles. The van der Waals surface area contributed by atoms with Crippen LogP contribution in [0.25, 0.3) is 0 Å². The monoisotopic (exact) mass is 521 g/mol. The number of benzene rings is 3. The molecule has 3 aromatic carbocycles. The Kier molecular flexibility index (Phi) is 6.66. The van der Waals surface area contributed by atoms with Crippen molar-refractivity contribution in [3.63, 3.8) is 0 Å². The van der Waals surface area contributed by atoms with E-state index < -0.39 is 31.9 Å². The largest absolute Gasteiger partial charge is 0.283 e. The Morgan fingerprint density at radius 1 is 1.00 bits per heavy atom. The van der Waals surface area contributed by atoms with E-state index in [0.717, 1.165) is 4.41 Å². The molecule has 0 saturated carbocycles. The molecule has 0 aliphatic carbocycles. The van der Waals surface area contributed by atoms with Gasteiger partial charge >= 0.3 is 0 Å². The Bertz CT molecular complexity index is 1440. The molecule has 1 aliphatic rings. The number of nitrogens with one attached hydrogen (secondary N) is 1. The van der Waals surface area contributed by atoms with Crippen molar-refractivity contribution in [2.45, 2.75) is 24.3 Å². The third kappa shape index (κ3) is 4.94. The zero-order chi connectivity index (χ0) is 24.5. The lowest BCUT2D eigenvalue weighted by Crippen LogP contribution is -2.27. The minimum Gasteiger partial charge on any atom is -0.283 e. The number of sulfonamides is 2. The number of para-hydroxylation sites is 1. The van der Waals surface area contributed by atoms with Crippen LogP contribution in [-0.2, 0) is 20.0 Å². The van der Waals surface area contributed by atoms with Crippen molar-refractivity contribution >= 4 is 43.0 Å². The molecule has 178 valence electrons. The van der Waals surface area contributed by atoms with Gasteiger partial charge in [-0.05, 0) is 55.0 Å². The van der Waals surface area contributed by atoms with Gasteiger partial charge in [0.05, 0.1) is 28.1 Å². The van der Waals surface area contributed by atoms with Gasteiger partial charge in [-0.2, -0.15) is 17.9 Å². The lowest BCUT2D eigenvalue weighted by Gasteiger charge is -2.23. The van der Waals surface area contributed by atoms with Gasteiger partial charge in [0.2, 0.25) is 10.0 Å². The predicted octanol–water partition coefficient (Wildman–Crippen LogP) is 4.78. The molecule has 1 aliphatic heterocycles. The van der Waals surface area contributed by atoms with Gasteiger partial charge in [0, 0.05) is 17.0 Å². The van der Waals surface area contributed by atoms with Crippen LogP contribution in [-0.4, -0.2) is 32.7 Å². The maximum absolute atomic E-state index is 13.6. The Morgan fingerprint density at radius 3 is 2.29 bits per heavy atom. The summed E-state index contributed by atoms with van der Waals surface area (Å²) in [6.07, 6.45) is 0.156. The lowest BCUT2D eigenvalue weighted by molar-refractivity contribution is 0.371. The molecule has 34 heavy (non-hydrogen) atoms. The molecule has 0 amide bonds. The molecule has 0 saturated heterocycles. The summed E-state index contributed by atoms with van der Waals surface area (Å²) in [5.41, 5.74) is 1.68. The third-order valence-corrected chi connectivity index (χ3v) is 8.61. The molecule has 1 N–H and O–H groups in total. The number of rotatable bonds is 7. The van der Waals surface area contributed by atoms with E-state index in [9.17, 15) is 21.2 Å². The van der Waals surface area contributed by atoms with Gasteiger partial charge in [-0.25, -0.2) is 12.8 Å². The molecule has 3 aromatic rings. The third-order valence-electron chi connectivity index (χ3n) is 5.37. The van der Waals surface area contributed by atoms with E-state index in [4.69, 9.17) is 11.6 Å². The molecule has 4 rings (SSSR count). The van der Waals surface area contributed by atoms with Gasteiger partial charge in [-0.15, -0.1) is 0 Å². The summed E-state index contributed by atoms with van der Waals surface area (Å²) in [6.45, 7) is 1.52. The first-order valence-electron chi connectivity index (χ1n) is 10.3. The first kappa shape index (κ1) is 24.2. The van der Waals surface area contributed by atoms with E-state index in [-0.39, 0.29) is 17.1 Å². The van der Waals surface area contributed by atoms with Crippen molar-refractivity contribution in [3.8, 4) is 0 Å². The molecule has 0 bridgehead atoms. The van der Waals surface area contributed by atoms with Gasteiger partial charge < -0.3 is 0 Å². The molecule has 11 heteroatoms. The van der Waals surface area contributed by atoms with Crippen LogP contribution in [0.1, 0.15) is 30.5 Å². The van der Waals surface area contributed by atoms with E-state index in [1.807, 2.05) is 0 Å². The van der Waals surface area contributed by atoms with Crippen LogP contribution < -0.4 is 4.72 Å². The van der Waals surface area contributed by atoms with Crippen molar-refractivity contribution in [3.05, 3.63) is 94.8 Å². The van der Waals surface area contributed by atoms with Crippen LogP contribution in [0.4, 0.5) is 10.1 Å². The van der Waals surface area contributed by atoms with E-state index >= 15 is 0 Å². The smallest absolute Gasteiger partial charge is 0.279 e. The zero-order valence-electron chi connectivity index (χ0n) is 18.0. The van der Waals surface area contributed by atoms with Crippen molar-refractivity contribution in [1.82, 2.24) is 4.41 Å². The summed E-state index contributed by atoms with van der Waals surface area (Å²) in [5.74, 6) is -0.572. The first-order chi connectivity index (χ1) is 16.1. The van der Waals surface area contributed by atoms with E-state index in [1.54, 1.807) is 24.3 Å². The van der Waals surface area contributed by atoms with Crippen molar-refractivity contribution in [2.75, 3.05) is 10.5 Å². The highest BCUT2D eigenvalue weighted by molar-refractivity contribution is 7.92. The van der Waals surface area contributed by atoms with Gasteiger partial charge in [0.15, 0.2) is 0 Å². The predicted molar refractivity (Wildman–Crippen MR) is 130 cm³/mol. The average Bonchev–Trinajstić information content (AvgIpc) is 3.26. The molecule has 0 radical (unpaired) electrons. The molecule has 1 atom stereocenters. The summed E-state index contributed by atoms with van der Waals surface area (Å²) in [6, 6.07) is 17.1. The highest BCUT2D eigenvalue weighted by Gasteiger charge is 2.38. The van der Waals surface area contributed by atoms with Gasteiger partial charge in [0.25, 0.3) is 10.0 Å². The molecule has 0 spiro atoms. The van der Waals surface area contributed by atoms with E-state index in [2.05, 4.69) is 9.82 Å². The fourth-order valence-corrected chi connectivity index (χ4v) is 5.80. The van der Waals surface area contributed by atoms with Gasteiger partial charge in [-0.3, -0.25) is 4.72 Å². The first-order valence-corrected chi connectivity index (χ1v) is 13.8. The number of nitrogens with zero attached hydrogens (tertiary/aromatic N) is 2. The van der Waals surface area contributed by atoms with Crippen LogP contribution in [0, 0.1) is 5.82 Å². The molecule has 1 unspecified atom stereocenters.